The van der Waals surface area contributed by atoms with Gasteiger partial charge in [-0.05, 0) is 43.5 Å². The van der Waals surface area contributed by atoms with E-state index in [4.69, 9.17) is 9.47 Å². The fourth-order valence-electron chi connectivity index (χ4n) is 3.93. The van der Waals surface area contributed by atoms with Gasteiger partial charge in [0.15, 0.2) is 0 Å². The Balaban J connectivity index is 1.73. The highest BCUT2D eigenvalue weighted by molar-refractivity contribution is 5.58. The molecule has 3 heteroatoms. The number of benzene rings is 2. The summed E-state index contributed by atoms with van der Waals surface area (Å²) in [7, 11) is 1.71. The Morgan fingerprint density at radius 1 is 1.13 bits per heavy atom. The predicted molar refractivity (Wildman–Crippen MR) is 92.0 cm³/mol. The van der Waals surface area contributed by atoms with Crippen molar-refractivity contribution >= 4 is 5.69 Å². The summed E-state index contributed by atoms with van der Waals surface area (Å²) < 4.78 is 11.5. The van der Waals surface area contributed by atoms with Crippen LogP contribution >= 0.6 is 0 Å². The first-order chi connectivity index (χ1) is 11.3. The number of ether oxygens (including phenoxy) is 2. The lowest BCUT2D eigenvalue weighted by molar-refractivity contribution is -0.0381. The van der Waals surface area contributed by atoms with Crippen LogP contribution in [0.1, 0.15) is 41.7 Å². The van der Waals surface area contributed by atoms with Gasteiger partial charge in [0.05, 0.1) is 19.3 Å². The van der Waals surface area contributed by atoms with Gasteiger partial charge in [0, 0.05) is 23.8 Å². The fourth-order valence-corrected chi connectivity index (χ4v) is 3.93. The van der Waals surface area contributed by atoms with Gasteiger partial charge in [0.1, 0.15) is 5.75 Å². The predicted octanol–water partition coefficient (Wildman–Crippen LogP) is 4.64. The van der Waals surface area contributed by atoms with Gasteiger partial charge in [-0.15, -0.1) is 0 Å². The van der Waals surface area contributed by atoms with E-state index in [2.05, 4.69) is 42.6 Å². The third-order valence-electron chi connectivity index (χ3n) is 5.10. The molecule has 2 heterocycles. The minimum Gasteiger partial charge on any atom is -0.497 e. The van der Waals surface area contributed by atoms with Crippen LogP contribution < -0.4 is 10.1 Å². The number of nitrogens with one attached hydrogen (secondary N) is 1. The van der Waals surface area contributed by atoms with Crippen molar-refractivity contribution in [3.05, 3.63) is 59.2 Å². The lowest BCUT2D eigenvalue weighted by Gasteiger charge is -2.43. The summed E-state index contributed by atoms with van der Waals surface area (Å²) in [6.07, 6.45) is 2.53. The average Bonchev–Trinajstić information content (AvgIpc) is 2.61. The van der Waals surface area contributed by atoms with Gasteiger partial charge in [0.25, 0.3) is 0 Å². The van der Waals surface area contributed by atoms with Crippen molar-refractivity contribution in [1.82, 2.24) is 0 Å². The molecule has 2 aliphatic rings. The summed E-state index contributed by atoms with van der Waals surface area (Å²) in [6, 6.07) is 15.3. The molecule has 2 aromatic rings. The molecular weight excluding hydrogens is 286 g/mol. The Labute approximate surface area is 137 Å². The van der Waals surface area contributed by atoms with Gasteiger partial charge in [-0.2, -0.15) is 0 Å². The van der Waals surface area contributed by atoms with E-state index >= 15 is 0 Å². The lowest BCUT2D eigenvalue weighted by Crippen LogP contribution is -2.36. The van der Waals surface area contributed by atoms with Crippen LogP contribution in [0.5, 0.6) is 5.75 Å². The molecule has 2 aliphatic heterocycles. The third kappa shape index (κ3) is 2.59. The van der Waals surface area contributed by atoms with Crippen LogP contribution in [0.4, 0.5) is 5.69 Å². The van der Waals surface area contributed by atoms with Gasteiger partial charge >= 0.3 is 0 Å². The highest BCUT2D eigenvalue weighted by Gasteiger charge is 2.39. The third-order valence-corrected chi connectivity index (χ3v) is 5.10. The molecule has 1 fully saturated rings. The summed E-state index contributed by atoms with van der Waals surface area (Å²) in [4.78, 5) is 0. The highest BCUT2D eigenvalue weighted by atomic mass is 16.5. The van der Waals surface area contributed by atoms with Crippen molar-refractivity contribution in [2.24, 2.45) is 5.92 Å². The van der Waals surface area contributed by atoms with Crippen LogP contribution in [-0.4, -0.2) is 13.7 Å². The number of anilines is 1. The number of rotatable bonds is 2. The van der Waals surface area contributed by atoms with E-state index < -0.39 is 0 Å². The van der Waals surface area contributed by atoms with Crippen molar-refractivity contribution in [3.63, 3.8) is 0 Å². The first-order valence-electron chi connectivity index (χ1n) is 8.39. The zero-order chi connectivity index (χ0) is 15.8. The fraction of sp³-hybridized carbons (Fsp3) is 0.400. The van der Waals surface area contributed by atoms with Gasteiger partial charge in [0.2, 0.25) is 0 Å². The van der Waals surface area contributed by atoms with Crippen LogP contribution in [0.25, 0.3) is 0 Å². The summed E-state index contributed by atoms with van der Waals surface area (Å²) in [6.45, 7) is 3.01. The Morgan fingerprint density at radius 3 is 2.74 bits per heavy atom. The van der Waals surface area contributed by atoms with Gasteiger partial charge in [-0.1, -0.05) is 29.8 Å². The zero-order valence-electron chi connectivity index (χ0n) is 13.7. The molecule has 0 aliphatic carbocycles. The molecule has 0 amide bonds. The molecule has 23 heavy (non-hydrogen) atoms. The van der Waals surface area contributed by atoms with Crippen molar-refractivity contribution in [3.8, 4) is 5.75 Å². The summed E-state index contributed by atoms with van der Waals surface area (Å²) in [5, 5.41) is 3.76. The maximum Gasteiger partial charge on any atom is 0.118 e. The van der Waals surface area contributed by atoms with Crippen molar-refractivity contribution in [2.75, 3.05) is 19.0 Å². The first-order valence-corrected chi connectivity index (χ1v) is 8.39. The van der Waals surface area contributed by atoms with Gasteiger partial charge in [-0.3, -0.25) is 0 Å². The Morgan fingerprint density at radius 2 is 1.96 bits per heavy atom. The monoisotopic (exact) mass is 309 g/mol. The molecular formula is C20H23NO2. The van der Waals surface area contributed by atoms with Crippen LogP contribution in [0.2, 0.25) is 0 Å². The normalized spacial score (nSPS) is 25.9. The second-order valence-electron chi connectivity index (χ2n) is 6.58. The van der Waals surface area contributed by atoms with E-state index in [-0.39, 0.29) is 6.10 Å². The van der Waals surface area contributed by atoms with Gasteiger partial charge in [-0.25, -0.2) is 0 Å². The zero-order valence-corrected chi connectivity index (χ0v) is 13.7. The molecule has 120 valence electrons. The standard InChI is InChI=1S/C20H23NO2/c1-13-5-10-18-17(12-13)20-16(4-3-11-23-20)19(21-18)14-6-8-15(22-2)9-7-14/h5-10,12,16,19-21H,3-4,11H2,1-2H3/t16-,19+,20+/m1/s1. The van der Waals surface area contributed by atoms with Crippen LogP contribution in [0.15, 0.2) is 42.5 Å². The SMILES string of the molecule is COc1ccc([C@@H]2Nc3ccc(C)cc3[C@H]3OCCC[C@@H]32)cc1. The van der Waals surface area contributed by atoms with E-state index in [1.807, 2.05) is 12.1 Å². The van der Waals surface area contributed by atoms with Crippen LogP contribution in [-0.2, 0) is 4.74 Å². The number of hydrogen-bond donors (Lipinski definition) is 1. The molecule has 1 N–H and O–H groups in total. The Kier molecular flexibility index (Phi) is 3.74. The van der Waals surface area contributed by atoms with Crippen LogP contribution in [0, 0.1) is 12.8 Å². The number of fused-ring (bicyclic) bond motifs is 3. The van der Waals surface area contributed by atoms with E-state index in [1.54, 1.807) is 7.11 Å². The summed E-state index contributed by atoms with van der Waals surface area (Å²) in [5.41, 5.74) is 5.12. The number of methoxy groups -OCH3 is 1. The largest absolute Gasteiger partial charge is 0.497 e. The smallest absolute Gasteiger partial charge is 0.118 e. The van der Waals surface area contributed by atoms with Crippen LogP contribution in [0.3, 0.4) is 0 Å². The molecule has 0 bridgehead atoms. The quantitative estimate of drug-likeness (QED) is 0.876. The van der Waals surface area contributed by atoms with Crippen molar-refractivity contribution < 1.29 is 9.47 Å². The van der Waals surface area contributed by atoms with E-state index in [0.717, 1.165) is 18.8 Å². The topological polar surface area (TPSA) is 30.5 Å². The molecule has 0 radical (unpaired) electrons. The summed E-state index contributed by atoms with van der Waals surface area (Å²) in [5.74, 6) is 1.38. The molecule has 0 saturated carbocycles. The van der Waals surface area contributed by atoms with E-state index in [0.29, 0.717) is 12.0 Å². The maximum atomic E-state index is 6.20. The van der Waals surface area contributed by atoms with Crippen molar-refractivity contribution in [1.29, 1.82) is 0 Å². The number of hydrogen-bond acceptors (Lipinski definition) is 3. The molecule has 0 unspecified atom stereocenters. The second-order valence-corrected chi connectivity index (χ2v) is 6.58. The number of aryl methyl sites for hydroxylation is 1. The lowest BCUT2D eigenvalue weighted by atomic mass is 9.77. The molecule has 0 spiro atoms. The van der Waals surface area contributed by atoms with Crippen molar-refractivity contribution in [2.45, 2.75) is 31.9 Å². The summed E-state index contributed by atoms with van der Waals surface area (Å²) >= 11 is 0. The minimum atomic E-state index is 0.201. The molecule has 4 rings (SSSR count). The highest BCUT2D eigenvalue weighted by Crippen LogP contribution is 2.49. The molecule has 2 aromatic carbocycles. The van der Waals surface area contributed by atoms with E-state index in [1.165, 1.54) is 28.8 Å². The van der Waals surface area contributed by atoms with Gasteiger partial charge < -0.3 is 14.8 Å². The average molecular weight is 309 g/mol. The molecule has 1 saturated heterocycles. The molecule has 0 aromatic heterocycles. The Hall–Kier alpha value is -2.00. The second kappa shape index (κ2) is 5.89. The molecule has 3 atom stereocenters. The first kappa shape index (κ1) is 14.6. The molecule has 3 nitrogen and oxygen atoms in total. The minimum absolute atomic E-state index is 0.201. The Bertz CT molecular complexity index is 695. The maximum absolute atomic E-state index is 6.20. The van der Waals surface area contributed by atoms with E-state index in [9.17, 15) is 0 Å².